The van der Waals surface area contributed by atoms with Crippen LogP contribution in [-0.4, -0.2) is 31.6 Å². The van der Waals surface area contributed by atoms with E-state index in [1.54, 1.807) is 6.92 Å². The highest BCUT2D eigenvalue weighted by atomic mass is 16.5. The maximum absolute atomic E-state index is 10.9. The number of ether oxygens (including phenoxy) is 1. The fourth-order valence-corrected chi connectivity index (χ4v) is 0.677. The van der Waals surface area contributed by atoms with Gasteiger partial charge in [-0.05, 0) is 6.92 Å². The van der Waals surface area contributed by atoms with Crippen molar-refractivity contribution < 1.29 is 14.3 Å². The van der Waals surface area contributed by atoms with Crippen LogP contribution in [-0.2, 0) is 14.3 Å². The third-order valence-electron chi connectivity index (χ3n) is 1.38. The average Bonchev–Trinajstić information content (AvgIpc) is 2.12. The van der Waals surface area contributed by atoms with Crippen LogP contribution >= 0.6 is 0 Å². The Morgan fingerprint density at radius 3 is 2.64 bits per heavy atom. The molecule has 0 aromatic rings. The summed E-state index contributed by atoms with van der Waals surface area (Å²) in [6.45, 7) is 5.76. The van der Waals surface area contributed by atoms with Crippen molar-refractivity contribution in [1.29, 1.82) is 0 Å². The van der Waals surface area contributed by atoms with Crippen molar-refractivity contribution >= 4 is 11.9 Å². The average molecular weight is 200 g/mol. The molecule has 3 N–H and O–H groups in total. The van der Waals surface area contributed by atoms with Gasteiger partial charge in [-0.25, -0.2) is 4.79 Å². The normalized spacial score (nSPS) is 9.29. The lowest BCUT2D eigenvalue weighted by atomic mass is 10.4. The maximum atomic E-state index is 10.9. The summed E-state index contributed by atoms with van der Waals surface area (Å²) in [5.41, 5.74) is 5.51. The summed E-state index contributed by atoms with van der Waals surface area (Å²) in [4.78, 5) is 21.7. The second-order valence-electron chi connectivity index (χ2n) is 2.80. The minimum Gasteiger partial charge on any atom is -0.460 e. The summed E-state index contributed by atoms with van der Waals surface area (Å²) in [5, 5.41) is 2.55. The number of amides is 1. The highest BCUT2D eigenvalue weighted by molar-refractivity contribution is 5.86. The molecular formula is C9H16N2O3. The van der Waals surface area contributed by atoms with Crippen molar-refractivity contribution in [3.8, 4) is 0 Å². The highest BCUT2D eigenvalue weighted by Crippen LogP contribution is 1.90. The van der Waals surface area contributed by atoms with Gasteiger partial charge in [0.25, 0.3) is 0 Å². The van der Waals surface area contributed by atoms with Crippen LogP contribution in [0.5, 0.6) is 0 Å². The molecule has 0 unspecified atom stereocenters. The summed E-state index contributed by atoms with van der Waals surface area (Å²) in [5.74, 6) is -0.586. The van der Waals surface area contributed by atoms with Crippen molar-refractivity contribution in [3.63, 3.8) is 0 Å². The number of nitrogens with one attached hydrogen (secondary N) is 1. The minimum absolute atomic E-state index is 0.140. The largest absolute Gasteiger partial charge is 0.460 e. The smallest absolute Gasteiger partial charge is 0.333 e. The Bertz CT molecular complexity index is 226. The lowest BCUT2D eigenvalue weighted by molar-refractivity contribution is -0.139. The van der Waals surface area contributed by atoms with Gasteiger partial charge in [0, 0.05) is 18.5 Å². The molecule has 0 fully saturated rings. The van der Waals surface area contributed by atoms with Gasteiger partial charge < -0.3 is 15.8 Å². The highest BCUT2D eigenvalue weighted by Gasteiger charge is 2.03. The van der Waals surface area contributed by atoms with Crippen LogP contribution in [0.25, 0.3) is 0 Å². The number of hydrogen-bond donors (Lipinski definition) is 2. The first-order valence-corrected chi connectivity index (χ1v) is 4.37. The predicted molar refractivity (Wildman–Crippen MR) is 52.5 cm³/mol. The van der Waals surface area contributed by atoms with Gasteiger partial charge in [0.1, 0.15) is 6.61 Å². The number of carbonyl (C=O) groups excluding carboxylic acids is 2. The summed E-state index contributed by atoms with van der Waals surface area (Å²) in [7, 11) is 0. The Morgan fingerprint density at radius 1 is 1.50 bits per heavy atom. The Labute approximate surface area is 83.3 Å². The van der Waals surface area contributed by atoms with E-state index in [0.29, 0.717) is 18.7 Å². The second-order valence-corrected chi connectivity index (χ2v) is 2.80. The zero-order valence-electron chi connectivity index (χ0n) is 8.34. The van der Waals surface area contributed by atoms with Gasteiger partial charge in [0.15, 0.2) is 0 Å². The fourth-order valence-electron chi connectivity index (χ4n) is 0.677. The summed E-state index contributed by atoms with van der Waals surface area (Å²) < 4.78 is 4.75. The van der Waals surface area contributed by atoms with E-state index in [0.717, 1.165) is 0 Å². The van der Waals surface area contributed by atoms with E-state index in [4.69, 9.17) is 10.5 Å². The standard InChI is InChI=1S/C9H16N2O3/c1-7(2)9(13)14-6-5-11-8(12)3-4-10/h1,3-6,10H2,2H3,(H,11,12). The molecule has 0 saturated carbocycles. The molecule has 0 spiro atoms. The van der Waals surface area contributed by atoms with Crippen LogP contribution in [0.3, 0.4) is 0 Å². The van der Waals surface area contributed by atoms with Gasteiger partial charge in [0.2, 0.25) is 5.91 Å². The van der Waals surface area contributed by atoms with Crippen molar-refractivity contribution in [1.82, 2.24) is 5.32 Å². The van der Waals surface area contributed by atoms with Crippen molar-refractivity contribution in [2.24, 2.45) is 5.73 Å². The first-order chi connectivity index (χ1) is 6.57. The third-order valence-corrected chi connectivity index (χ3v) is 1.38. The van der Waals surface area contributed by atoms with Gasteiger partial charge in [-0.1, -0.05) is 6.58 Å². The van der Waals surface area contributed by atoms with Crippen LogP contribution in [0.2, 0.25) is 0 Å². The molecular weight excluding hydrogens is 184 g/mol. The van der Waals surface area contributed by atoms with Gasteiger partial charge in [-0.2, -0.15) is 0 Å². The molecule has 0 radical (unpaired) electrons. The SMILES string of the molecule is C=C(C)C(=O)OCCNC(=O)CCN. The van der Waals surface area contributed by atoms with E-state index in [1.807, 2.05) is 0 Å². The van der Waals surface area contributed by atoms with Crippen LogP contribution in [0.1, 0.15) is 13.3 Å². The van der Waals surface area contributed by atoms with Crippen molar-refractivity contribution in [2.45, 2.75) is 13.3 Å². The Kier molecular flexibility index (Phi) is 6.39. The predicted octanol–water partition coefficient (Wildman–Crippen LogP) is -0.429. The molecule has 5 nitrogen and oxygen atoms in total. The molecule has 0 bridgehead atoms. The van der Waals surface area contributed by atoms with E-state index >= 15 is 0 Å². The number of hydrogen-bond acceptors (Lipinski definition) is 4. The van der Waals surface area contributed by atoms with Crippen LogP contribution in [0.15, 0.2) is 12.2 Å². The molecule has 14 heavy (non-hydrogen) atoms. The molecule has 0 rings (SSSR count). The molecule has 5 heteroatoms. The molecule has 80 valence electrons. The zero-order valence-corrected chi connectivity index (χ0v) is 8.34. The van der Waals surface area contributed by atoms with Gasteiger partial charge in [-0.15, -0.1) is 0 Å². The Morgan fingerprint density at radius 2 is 2.14 bits per heavy atom. The van der Waals surface area contributed by atoms with Crippen LogP contribution in [0.4, 0.5) is 0 Å². The number of esters is 1. The number of nitrogens with two attached hydrogens (primary N) is 1. The second kappa shape index (κ2) is 7.08. The molecule has 1 amide bonds. The quantitative estimate of drug-likeness (QED) is 0.346. The van der Waals surface area contributed by atoms with Gasteiger partial charge in [0.05, 0.1) is 6.54 Å². The summed E-state index contributed by atoms with van der Waals surface area (Å²) in [6, 6.07) is 0. The van der Waals surface area contributed by atoms with Gasteiger partial charge in [-0.3, -0.25) is 4.79 Å². The molecule has 0 saturated heterocycles. The fraction of sp³-hybridized carbons (Fsp3) is 0.556. The molecule has 0 heterocycles. The molecule has 0 aliphatic rings. The first kappa shape index (κ1) is 12.6. The monoisotopic (exact) mass is 200 g/mol. The third kappa shape index (κ3) is 6.19. The van der Waals surface area contributed by atoms with Crippen LogP contribution < -0.4 is 11.1 Å². The first-order valence-electron chi connectivity index (χ1n) is 4.37. The number of rotatable bonds is 6. The van der Waals surface area contributed by atoms with Crippen molar-refractivity contribution in [2.75, 3.05) is 19.7 Å². The Balaban J connectivity index is 3.42. The topological polar surface area (TPSA) is 81.4 Å². The lowest BCUT2D eigenvalue weighted by Crippen LogP contribution is -2.29. The minimum atomic E-state index is -0.446. The van der Waals surface area contributed by atoms with Gasteiger partial charge >= 0.3 is 5.97 Å². The van der Waals surface area contributed by atoms with Crippen LogP contribution in [0, 0.1) is 0 Å². The van der Waals surface area contributed by atoms with E-state index in [9.17, 15) is 9.59 Å². The Hall–Kier alpha value is -1.36. The van der Waals surface area contributed by atoms with E-state index < -0.39 is 5.97 Å². The zero-order chi connectivity index (χ0) is 11.0. The summed E-state index contributed by atoms with van der Waals surface area (Å²) in [6.07, 6.45) is 0.286. The van der Waals surface area contributed by atoms with E-state index in [2.05, 4.69) is 11.9 Å². The van der Waals surface area contributed by atoms with E-state index in [-0.39, 0.29) is 18.9 Å². The molecule has 0 aliphatic heterocycles. The molecule has 0 aromatic heterocycles. The van der Waals surface area contributed by atoms with E-state index in [1.165, 1.54) is 0 Å². The maximum Gasteiger partial charge on any atom is 0.333 e. The molecule has 0 aromatic carbocycles. The molecule has 0 aliphatic carbocycles. The number of carbonyl (C=O) groups is 2. The van der Waals surface area contributed by atoms with Crippen molar-refractivity contribution in [3.05, 3.63) is 12.2 Å². The molecule has 0 atom stereocenters. The summed E-state index contributed by atoms with van der Waals surface area (Å²) >= 11 is 0. The lowest BCUT2D eigenvalue weighted by Gasteiger charge is -2.05.